The fraction of sp³-hybridized carbons (Fsp3) is 0.632. The van der Waals surface area contributed by atoms with Gasteiger partial charge in [-0.2, -0.15) is 0 Å². The van der Waals surface area contributed by atoms with Gasteiger partial charge in [-0.05, 0) is 71.6 Å². The Morgan fingerprint density at radius 3 is 2.38 bits per heavy atom. The molecule has 0 fully saturated rings. The van der Waals surface area contributed by atoms with Gasteiger partial charge in [-0.25, -0.2) is 8.93 Å². The number of aryl methyl sites for hydroxylation is 1. The molecule has 0 radical (unpaired) electrons. The van der Waals surface area contributed by atoms with Crippen LogP contribution in [0.2, 0.25) is 0 Å². The molecule has 0 heterocycles. The van der Waals surface area contributed by atoms with Gasteiger partial charge in [0.05, 0.1) is 27.7 Å². The molecule has 0 bridgehead atoms. The largest absolute Gasteiger partial charge is 0.460 e. The molecule has 0 aromatic heterocycles. The van der Waals surface area contributed by atoms with Crippen LogP contribution in [-0.4, -0.2) is 20.5 Å². The number of hydrogen-bond donors (Lipinski definition) is 1. The van der Waals surface area contributed by atoms with Crippen LogP contribution in [0.3, 0.4) is 0 Å². The van der Waals surface area contributed by atoms with E-state index in [0.717, 1.165) is 16.7 Å². The number of nitrogens with one attached hydrogen (secondary N) is 1. The van der Waals surface area contributed by atoms with E-state index in [4.69, 9.17) is 4.74 Å². The molecule has 5 heteroatoms. The molecular weight excluding hydrogens is 322 g/mol. The summed E-state index contributed by atoms with van der Waals surface area (Å²) in [6.07, 6.45) is 0.616. The van der Waals surface area contributed by atoms with Crippen molar-refractivity contribution in [2.45, 2.75) is 71.3 Å². The van der Waals surface area contributed by atoms with Gasteiger partial charge >= 0.3 is 5.97 Å². The molecule has 3 atom stereocenters. The molecule has 0 amide bonds. The molecule has 0 unspecified atom stereocenters. The zero-order valence-electron chi connectivity index (χ0n) is 15.7. The maximum absolute atomic E-state index is 12.7. The van der Waals surface area contributed by atoms with Gasteiger partial charge in [0.1, 0.15) is 5.60 Å². The van der Waals surface area contributed by atoms with Crippen LogP contribution in [0.25, 0.3) is 0 Å². The molecule has 1 aliphatic rings. The summed E-state index contributed by atoms with van der Waals surface area (Å²) >= 11 is 0. The van der Waals surface area contributed by atoms with Crippen LogP contribution in [0.4, 0.5) is 0 Å². The number of rotatable bonds is 3. The summed E-state index contributed by atoms with van der Waals surface area (Å²) < 4.78 is 21.1. The minimum absolute atomic E-state index is 0.235. The summed E-state index contributed by atoms with van der Waals surface area (Å²) in [5.74, 6) is -0.590. The molecular formula is C19H29NO3S. The highest BCUT2D eigenvalue weighted by atomic mass is 32.2. The van der Waals surface area contributed by atoms with Gasteiger partial charge in [0.15, 0.2) is 0 Å². The lowest BCUT2D eigenvalue weighted by Crippen LogP contribution is -2.40. The number of carbonyl (C=O) groups excluding carboxylic acids is 1. The summed E-state index contributed by atoms with van der Waals surface area (Å²) in [6, 6.07) is 5.80. The molecule has 0 saturated heterocycles. The summed E-state index contributed by atoms with van der Waals surface area (Å²) in [5.41, 5.74) is 2.80. The van der Waals surface area contributed by atoms with Crippen LogP contribution in [0.1, 0.15) is 64.3 Å². The molecule has 1 N–H and O–H groups in total. The van der Waals surface area contributed by atoms with Gasteiger partial charge in [0.25, 0.3) is 0 Å². The Balaban J connectivity index is 2.36. The van der Waals surface area contributed by atoms with Crippen LogP contribution in [0.5, 0.6) is 0 Å². The van der Waals surface area contributed by atoms with Crippen molar-refractivity contribution in [2.75, 3.05) is 0 Å². The Bertz CT molecular complexity index is 656. The van der Waals surface area contributed by atoms with E-state index < -0.39 is 21.3 Å². The van der Waals surface area contributed by atoms with Crippen LogP contribution in [0, 0.1) is 12.8 Å². The van der Waals surface area contributed by atoms with Crippen molar-refractivity contribution < 1.29 is 13.7 Å². The zero-order chi connectivity index (χ0) is 18.3. The fourth-order valence-electron chi connectivity index (χ4n) is 2.95. The van der Waals surface area contributed by atoms with Gasteiger partial charge in [-0.3, -0.25) is 4.79 Å². The summed E-state index contributed by atoms with van der Waals surface area (Å²) in [7, 11) is -1.26. The Hall–Kier alpha value is -1.20. The highest BCUT2D eigenvalue weighted by Crippen LogP contribution is 2.40. The molecule has 0 saturated carbocycles. The van der Waals surface area contributed by atoms with Crippen molar-refractivity contribution in [1.82, 2.24) is 4.72 Å². The minimum Gasteiger partial charge on any atom is -0.460 e. The van der Waals surface area contributed by atoms with Crippen molar-refractivity contribution in [3.63, 3.8) is 0 Å². The number of ether oxygens (including phenoxy) is 1. The number of benzene rings is 1. The molecule has 24 heavy (non-hydrogen) atoms. The molecule has 1 aromatic carbocycles. The predicted octanol–water partition coefficient (Wildman–Crippen LogP) is 3.60. The van der Waals surface area contributed by atoms with Crippen LogP contribution >= 0.6 is 0 Å². The van der Waals surface area contributed by atoms with E-state index in [0.29, 0.717) is 6.42 Å². The van der Waals surface area contributed by atoms with Crippen LogP contribution < -0.4 is 4.72 Å². The molecule has 0 spiro atoms. The van der Waals surface area contributed by atoms with E-state index in [1.165, 1.54) is 0 Å². The Morgan fingerprint density at radius 1 is 1.21 bits per heavy atom. The lowest BCUT2D eigenvalue weighted by Gasteiger charge is -2.28. The van der Waals surface area contributed by atoms with E-state index in [2.05, 4.69) is 4.72 Å². The molecule has 134 valence electrons. The van der Waals surface area contributed by atoms with Crippen molar-refractivity contribution in [1.29, 1.82) is 0 Å². The SMILES string of the molecule is Cc1cccc2c1[C@@H](N[S@@](=O)C(C)(C)C)[C@H](C(=O)OC(C)(C)C)C2. The van der Waals surface area contributed by atoms with Crippen molar-refractivity contribution in [2.24, 2.45) is 5.92 Å². The summed E-state index contributed by atoms with van der Waals surface area (Å²) in [4.78, 5) is 12.7. The first kappa shape index (κ1) is 19.1. The minimum atomic E-state index is -1.26. The summed E-state index contributed by atoms with van der Waals surface area (Å²) in [6.45, 7) is 13.4. The van der Waals surface area contributed by atoms with Gasteiger partial charge in [-0.1, -0.05) is 18.2 Å². The van der Waals surface area contributed by atoms with Gasteiger partial charge < -0.3 is 4.74 Å². The van der Waals surface area contributed by atoms with E-state index in [9.17, 15) is 9.00 Å². The average Bonchev–Trinajstić information content (AvgIpc) is 2.76. The van der Waals surface area contributed by atoms with Crippen molar-refractivity contribution in [3.8, 4) is 0 Å². The molecule has 0 aliphatic heterocycles. The maximum atomic E-state index is 12.7. The van der Waals surface area contributed by atoms with Crippen molar-refractivity contribution in [3.05, 3.63) is 34.9 Å². The first-order valence-electron chi connectivity index (χ1n) is 8.39. The highest BCUT2D eigenvalue weighted by Gasteiger charge is 2.42. The molecule has 2 rings (SSSR count). The molecule has 4 nitrogen and oxygen atoms in total. The first-order valence-corrected chi connectivity index (χ1v) is 9.54. The third kappa shape index (κ3) is 4.25. The Labute approximate surface area is 148 Å². The second-order valence-corrected chi connectivity index (χ2v) is 10.5. The topological polar surface area (TPSA) is 55.4 Å². The number of fused-ring (bicyclic) bond motifs is 1. The van der Waals surface area contributed by atoms with E-state index >= 15 is 0 Å². The fourth-order valence-corrected chi connectivity index (χ4v) is 3.82. The van der Waals surface area contributed by atoms with E-state index in [1.54, 1.807) is 0 Å². The van der Waals surface area contributed by atoms with Crippen LogP contribution in [-0.2, 0) is 26.9 Å². The average molecular weight is 352 g/mol. The zero-order valence-corrected chi connectivity index (χ0v) is 16.5. The third-order valence-electron chi connectivity index (χ3n) is 4.07. The smallest absolute Gasteiger partial charge is 0.311 e. The van der Waals surface area contributed by atoms with Gasteiger partial charge in [-0.15, -0.1) is 0 Å². The standard InChI is InChI=1S/C19H29NO3S/c1-12-9-8-10-13-11-14(17(21)23-18(2,3)4)16(15(12)13)20-24(22)19(5,6)7/h8-10,14,16,20H,11H2,1-7H3/t14-,16+,24+/m1/s1. The normalized spacial score (nSPS) is 22.1. The molecule has 1 aliphatic carbocycles. The van der Waals surface area contributed by atoms with Crippen molar-refractivity contribution >= 4 is 17.0 Å². The van der Waals surface area contributed by atoms with Crippen LogP contribution in [0.15, 0.2) is 18.2 Å². The second-order valence-electron chi connectivity index (χ2n) is 8.47. The number of carbonyl (C=O) groups is 1. The Morgan fingerprint density at radius 2 is 1.83 bits per heavy atom. The number of esters is 1. The lowest BCUT2D eigenvalue weighted by atomic mass is 9.98. The van der Waals surface area contributed by atoms with Gasteiger partial charge in [0, 0.05) is 0 Å². The second kappa shape index (κ2) is 6.60. The van der Waals surface area contributed by atoms with E-state index in [-0.39, 0.29) is 17.9 Å². The maximum Gasteiger partial charge on any atom is 0.311 e. The third-order valence-corrected chi connectivity index (χ3v) is 5.65. The first-order chi connectivity index (χ1) is 10.9. The quantitative estimate of drug-likeness (QED) is 0.847. The number of hydrogen-bond acceptors (Lipinski definition) is 3. The highest BCUT2D eigenvalue weighted by molar-refractivity contribution is 7.84. The molecule has 1 aromatic rings. The lowest BCUT2D eigenvalue weighted by molar-refractivity contribution is -0.160. The Kier molecular flexibility index (Phi) is 5.26. The summed E-state index contributed by atoms with van der Waals surface area (Å²) in [5, 5.41) is 0. The van der Waals surface area contributed by atoms with Gasteiger partial charge in [0.2, 0.25) is 0 Å². The monoisotopic (exact) mass is 351 g/mol. The van der Waals surface area contributed by atoms with E-state index in [1.807, 2.05) is 66.7 Å². The predicted molar refractivity (Wildman–Crippen MR) is 98.0 cm³/mol.